The largest absolute Gasteiger partial charge is 0.493 e. The number of methoxy groups -OCH3 is 2. The number of carbonyl (C=O) groups excluding carboxylic acids is 2. The second-order valence-corrected chi connectivity index (χ2v) is 5.66. The third-order valence-corrected chi connectivity index (χ3v) is 3.96. The van der Waals surface area contributed by atoms with Gasteiger partial charge in [0.05, 0.1) is 35.7 Å². The number of nitro benzene ring substituents is 2. The highest BCUT2D eigenvalue weighted by atomic mass is 16.6. The fraction of sp³-hybridized carbons (Fsp3) is 0.222. The maximum Gasteiger partial charge on any atom is 0.352 e. The van der Waals surface area contributed by atoms with E-state index in [-0.39, 0.29) is 40.5 Å². The maximum atomic E-state index is 12.4. The van der Waals surface area contributed by atoms with Crippen LogP contribution in [0, 0.1) is 20.2 Å². The summed E-state index contributed by atoms with van der Waals surface area (Å²) in [5.74, 6) is -0.724. The van der Waals surface area contributed by atoms with Crippen molar-refractivity contribution in [2.45, 2.75) is 12.7 Å². The zero-order valence-electron chi connectivity index (χ0n) is 15.8. The molecule has 0 heterocycles. The third-order valence-electron chi connectivity index (χ3n) is 3.96. The molecule has 0 amide bonds. The molecule has 2 aromatic carbocycles. The van der Waals surface area contributed by atoms with Crippen LogP contribution in [-0.2, 0) is 25.7 Å². The zero-order valence-corrected chi connectivity index (χ0v) is 15.8. The summed E-state index contributed by atoms with van der Waals surface area (Å²) in [5.41, 5.74) is -0.458. The van der Waals surface area contributed by atoms with E-state index in [0.29, 0.717) is 0 Å². The predicted molar refractivity (Wildman–Crippen MR) is 99.0 cm³/mol. The van der Waals surface area contributed by atoms with E-state index in [2.05, 4.69) is 0 Å². The number of esters is 1. The predicted octanol–water partition coefficient (Wildman–Crippen LogP) is 2.48. The van der Waals surface area contributed by atoms with E-state index >= 15 is 0 Å². The molecule has 0 spiro atoms. The van der Waals surface area contributed by atoms with Crippen molar-refractivity contribution in [1.82, 2.24) is 0 Å². The first kappa shape index (κ1) is 22.1. The van der Waals surface area contributed by atoms with Crippen LogP contribution in [0.15, 0.2) is 36.4 Å². The Bertz CT molecular complexity index is 958. The Morgan fingerprint density at radius 2 is 1.63 bits per heavy atom. The molecule has 30 heavy (non-hydrogen) atoms. The van der Waals surface area contributed by atoms with Crippen LogP contribution < -0.4 is 9.47 Å². The molecular formula is C18H16N2O10. The number of benzene rings is 2. The average molecular weight is 420 g/mol. The minimum Gasteiger partial charge on any atom is -0.493 e. The highest BCUT2D eigenvalue weighted by Crippen LogP contribution is 2.35. The lowest BCUT2D eigenvalue weighted by molar-refractivity contribution is -0.386. The van der Waals surface area contributed by atoms with Crippen molar-refractivity contribution in [3.63, 3.8) is 0 Å². The van der Waals surface area contributed by atoms with E-state index in [9.17, 15) is 29.8 Å². The number of rotatable bonds is 10. The van der Waals surface area contributed by atoms with E-state index in [0.717, 1.165) is 18.2 Å². The number of ether oxygens (including phenoxy) is 4. The number of hydrogen-bond acceptors (Lipinski definition) is 10. The van der Waals surface area contributed by atoms with Crippen molar-refractivity contribution in [2.75, 3.05) is 14.2 Å². The number of hydrogen-bond donors (Lipinski definition) is 0. The number of non-ortho nitro benzene ring substituents is 1. The molecule has 1 unspecified atom stereocenters. The minimum atomic E-state index is -1.51. The van der Waals surface area contributed by atoms with Crippen LogP contribution in [0.5, 0.6) is 11.5 Å². The van der Waals surface area contributed by atoms with Gasteiger partial charge < -0.3 is 18.9 Å². The van der Waals surface area contributed by atoms with Gasteiger partial charge in [-0.05, 0) is 18.2 Å². The van der Waals surface area contributed by atoms with Crippen molar-refractivity contribution in [3.8, 4) is 11.5 Å². The van der Waals surface area contributed by atoms with Crippen molar-refractivity contribution >= 4 is 23.8 Å². The molecule has 0 saturated heterocycles. The summed E-state index contributed by atoms with van der Waals surface area (Å²) in [4.78, 5) is 43.9. The minimum absolute atomic E-state index is 0.0135. The third kappa shape index (κ3) is 4.98. The fourth-order valence-corrected chi connectivity index (χ4v) is 2.52. The highest BCUT2D eigenvalue weighted by molar-refractivity contribution is 5.78. The topological polar surface area (TPSA) is 157 Å². The SMILES string of the molecule is COc1cc(COC(=O)C(OC=O)c2ccc([N+](=O)[O-])cc2)c([N+](=O)[O-])cc1OC. The molecule has 2 aromatic rings. The molecule has 1 atom stereocenters. The van der Waals surface area contributed by atoms with Crippen LogP contribution in [0.25, 0.3) is 0 Å². The summed E-state index contributed by atoms with van der Waals surface area (Å²) < 4.78 is 19.9. The van der Waals surface area contributed by atoms with Gasteiger partial charge in [-0.25, -0.2) is 4.79 Å². The van der Waals surface area contributed by atoms with E-state index in [1.807, 2.05) is 0 Å². The second-order valence-electron chi connectivity index (χ2n) is 5.66. The normalized spacial score (nSPS) is 11.1. The Labute approximate surface area is 169 Å². The standard InChI is InChI=1S/C18H16N2O10/c1-27-15-7-12(14(20(25)26)8-16(15)28-2)9-29-18(22)17(30-10-21)11-3-5-13(6-4-11)19(23)24/h3-8,10,17H,9H2,1-2H3. The van der Waals surface area contributed by atoms with Gasteiger partial charge in [-0.3, -0.25) is 25.0 Å². The van der Waals surface area contributed by atoms with Gasteiger partial charge in [0.2, 0.25) is 6.10 Å². The number of nitro groups is 2. The lowest BCUT2D eigenvalue weighted by Gasteiger charge is -2.15. The molecule has 0 N–H and O–H groups in total. The molecule has 0 aliphatic carbocycles. The molecule has 0 aromatic heterocycles. The van der Waals surface area contributed by atoms with Crippen LogP contribution in [-0.4, -0.2) is 36.5 Å². The smallest absolute Gasteiger partial charge is 0.352 e. The van der Waals surface area contributed by atoms with E-state index in [1.165, 1.54) is 32.4 Å². The van der Waals surface area contributed by atoms with E-state index in [1.54, 1.807) is 0 Å². The van der Waals surface area contributed by atoms with Gasteiger partial charge in [0, 0.05) is 17.7 Å². The average Bonchev–Trinajstić information content (AvgIpc) is 2.75. The van der Waals surface area contributed by atoms with Crippen molar-refractivity contribution in [3.05, 3.63) is 67.8 Å². The zero-order chi connectivity index (χ0) is 22.3. The van der Waals surface area contributed by atoms with E-state index < -0.39 is 28.5 Å². The first-order valence-electron chi connectivity index (χ1n) is 8.21. The van der Waals surface area contributed by atoms with Gasteiger partial charge >= 0.3 is 5.97 Å². The molecule has 0 saturated carbocycles. The number of nitrogens with zero attached hydrogens (tertiary/aromatic N) is 2. The second kappa shape index (κ2) is 9.82. The molecule has 158 valence electrons. The molecule has 0 bridgehead atoms. The van der Waals surface area contributed by atoms with Crippen LogP contribution in [0.4, 0.5) is 11.4 Å². The lowest BCUT2D eigenvalue weighted by atomic mass is 10.1. The molecule has 0 aliphatic rings. The summed E-state index contributed by atoms with van der Waals surface area (Å²) in [7, 11) is 2.65. The van der Waals surface area contributed by atoms with Crippen LogP contribution in [0.3, 0.4) is 0 Å². The van der Waals surface area contributed by atoms with Crippen LogP contribution in [0.1, 0.15) is 17.2 Å². The first-order chi connectivity index (χ1) is 14.3. The van der Waals surface area contributed by atoms with Gasteiger partial charge in [0.25, 0.3) is 17.8 Å². The summed E-state index contributed by atoms with van der Waals surface area (Å²) in [6, 6.07) is 7.12. The monoisotopic (exact) mass is 420 g/mol. The molecule has 12 heteroatoms. The van der Waals surface area contributed by atoms with Crippen molar-refractivity contribution in [2.24, 2.45) is 0 Å². The summed E-state index contributed by atoms with van der Waals surface area (Å²) in [5, 5.41) is 22.1. The summed E-state index contributed by atoms with van der Waals surface area (Å²) >= 11 is 0. The highest BCUT2D eigenvalue weighted by Gasteiger charge is 2.27. The van der Waals surface area contributed by atoms with Gasteiger partial charge in [0.15, 0.2) is 11.5 Å². The Hall–Kier alpha value is -4.22. The lowest BCUT2D eigenvalue weighted by Crippen LogP contribution is -2.19. The van der Waals surface area contributed by atoms with Gasteiger partial charge in [0.1, 0.15) is 6.61 Å². The van der Waals surface area contributed by atoms with Crippen molar-refractivity contribution < 1.29 is 38.4 Å². The Morgan fingerprint density at radius 1 is 1.03 bits per heavy atom. The quantitative estimate of drug-likeness (QED) is 0.242. The fourth-order valence-electron chi connectivity index (χ4n) is 2.52. The van der Waals surface area contributed by atoms with Gasteiger partial charge in [-0.2, -0.15) is 0 Å². The Balaban J connectivity index is 2.25. The van der Waals surface area contributed by atoms with E-state index in [4.69, 9.17) is 18.9 Å². The first-order valence-corrected chi connectivity index (χ1v) is 8.21. The molecule has 0 aliphatic heterocycles. The molecule has 12 nitrogen and oxygen atoms in total. The van der Waals surface area contributed by atoms with Gasteiger partial charge in [-0.15, -0.1) is 0 Å². The van der Waals surface area contributed by atoms with Gasteiger partial charge in [-0.1, -0.05) is 0 Å². The summed E-state index contributed by atoms with van der Waals surface area (Å²) in [6.45, 7) is -0.507. The molecular weight excluding hydrogens is 404 g/mol. The summed E-state index contributed by atoms with van der Waals surface area (Å²) in [6.07, 6.45) is -1.51. The van der Waals surface area contributed by atoms with Crippen molar-refractivity contribution in [1.29, 1.82) is 0 Å². The molecule has 0 fully saturated rings. The van der Waals surface area contributed by atoms with Crippen LogP contribution in [0.2, 0.25) is 0 Å². The maximum absolute atomic E-state index is 12.4. The number of carbonyl (C=O) groups is 2. The molecule has 2 rings (SSSR count). The van der Waals surface area contributed by atoms with Crippen LogP contribution >= 0.6 is 0 Å². The Kier molecular flexibility index (Phi) is 7.22. The Morgan fingerprint density at radius 3 is 2.13 bits per heavy atom. The molecule has 0 radical (unpaired) electrons.